The number of nitrogens with two attached hydrogens (primary N) is 1. The minimum Gasteiger partial charge on any atom is -0.453 e. The molecule has 0 bridgehead atoms. The first kappa shape index (κ1) is 12.5. The third kappa shape index (κ3) is 1.97. The first-order valence-electron chi connectivity index (χ1n) is 5.41. The molecule has 0 spiro atoms. The molecule has 0 fully saturated rings. The first-order chi connectivity index (χ1) is 9.56. The second-order valence-electron chi connectivity index (χ2n) is 3.86. The van der Waals surface area contributed by atoms with E-state index in [1.807, 2.05) is 0 Å². The maximum Gasteiger partial charge on any atom is 0.322 e. The number of amides is 1. The molecule has 9 heteroatoms. The predicted molar refractivity (Wildman–Crippen MR) is 71.4 cm³/mol. The van der Waals surface area contributed by atoms with Crippen LogP contribution in [0.3, 0.4) is 0 Å². The number of rotatable bonds is 2. The van der Waals surface area contributed by atoms with Crippen LogP contribution in [0.2, 0.25) is 0 Å². The van der Waals surface area contributed by atoms with Gasteiger partial charge < -0.3 is 15.2 Å². The van der Waals surface area contributed by atoms with Gasteiger partial charge in [-0.25, -0.2) is 0 Å². The molecule has 0 saturated carbocycles. The summed E-state index contributed by atoms with van der Waals surface area (Å²) in [5, 5.41) is 11.3. The smallest absolute Gasteiger partial charge is 0.322 e. The SMILES string of the molecule is NC1=NC(=O)/C(=C\c2ccc3c(c2[N+](=O)[O-])OCO3)S1. The van der Waals surface area contributed by atoms with Gasteiger partial charge in [0.25, 0.3) is 5.91 Å². The van der Waals surface area contributed by atoms with Gasteiger partial charge in [-0.05, 0) is 30.0 Å². The van der Waals surface area contributed by atoms with E-state index < -0.39 is 10.8 Å². The molecule has 2 heterocycles. The van der Waals surface area contributed by atoms with Gasteiger partial charge in [0.15, 0.2) is 10.9 Å². The Morgan fingerprint density at radius 1 is 1.45 bits per heavy atom. The third-order valence-electron chi connectivity index (χ3n) is 2.65. The van der Waals surface area contributed by atoms with Crippen LogP contribution in [0.5, 0.6) is 11.5 Å². The third-order valence-corrected chi connectivity index (χ3v) is 3.46. The van der Waals surface area contributed by atoms with E-state index in [9.17, 15) is 14.9 Å². The number of amidine groups is 1. The van der Waals surface area contributed by atoms with Gasteiger partial charge in [-0.15, -0.1) is 0 Å². The zero-order valence-electron chi connectivity index (χ0n) is 9.86. The maximum absolute atomic E-state index is 11.5. The molecule has 20 heavy (non-hydrogen) atoms. The lowest BCUT2D eigenvalue weighted by Gasteiger charge is -2.02. The average Bonchev–Trinajstić information content (AvgIpc) is 2.95. The molecular formula is C11H7N3O5S. The quantitative estimate of drug-likeness (QED) is 0.495. The molecule has 0 aromatic heterocycles. The van der Waals surface area contributed by atoms with Crippen LogP contribution in [-0.2, 0) is 4.79 Å². The van der Waals surface area contributed by atoms with E-state index >= 15 is 0 Å². The zero-order valence-corrected chi connectivity index (χ0v) is 10.7. The number of aliphatic imine (C=N–C) groups is 1. The fourth-order valence-corrected chi connectivity index (χ4v) is 2.52. The molecule has 1 aromatic carbocycles. The second-order valence-corrected chi connectivity index (χ2v) is 4.92. The van der Waals surface area contributed by atoms with Crippen molar-refractivity contribution < 1.29 is 19.2 Å². The van der Waals surface area contributed by atoms with Crippen molar-refractivity contribution in [3.63, 3.8) is 0 Å². The second kappa shape index (κ2) is 4.53. The highest BCUT2D eigenvalue weighted by molar-refractivity contribution is 8.18. The van der Waals surface area contributed by atoms with Crippen LogP contribution in [0, 0.1) is 10.1 Å². The molecule has 102 valence electrons. The van der Waals surface area contributed by atoms with Crippen LogP contribution in [-0.4, -0.2) is 22.8 Å². The number of carbonyl (C=O) groups is 1. The zero-order chi connectivity index (χ0) is 14.3. The first-order valence-corrected chi connectivity index (χ1v) is 6.23. The van der Waals surface area contributed by atoms with Crippen LogP contribution in [0.15, 0.2) is 22.0 Å². The van der Waals surface area contributed by atoms with E-state index in [0.29, 0.717) is 5.75 Å². The number of nitrogens with zero attached hydrogens (tertiary/aromatic N) is 2. The summed E-state index contributed by atoms with van der Waals surface area (Å²) in [6.07, 6.45) is 1.37. The van der Waals surface area contributed by atoms with Crippen LogP contribution in [0.1, 0.15) is 5.56 Å². The highest BCUT2D eigenvalue weighted by atomic mass is 32.2. The van der Waals surface area contributed by atoms with Gasteiger partial charge in [0.2, 0.25) is 12.5 Å². The van der Waals surface area contributed by atoms with E-state index in [2.05, 4.69) is 4.99 Å². The summed E-state index contributed by atoms with van der Waals surface area (Å²) in [7, 11) is 0. The number of fused-ring (bicyclic) bond motifs is 1. The molecule has 2 N–H and O–H groups in total. The number of nitro groups is 1. The molecular weight excluding hydrogens is 286 g/mol. The van der Waals surface area contributed by atoms with Crippen molar-refractivity contribution in [2.24, 2.45) is 10.7 Å². The molecule has 2 aliphatic heterocycles. The van der Waals surface area contributed by atoms with Crippen molar-refractivity contribution in [2.45, 2.75) is 0 Å². The minimum absolute atomic E-state index is 0.0636. The summed E-state index contributed by atoms with van der Waals surface area (Å²) < 4.78 is 10.2. The van der Waals surface area contributed by atoms with Crippen molar-refractivity contribution in [1.82, 2.24) is 0 Å². The molecule has 2 aliphatic rings. The number of hydrogen-bond donors (Lipinski definition) is 1. The Kier molecular flexibility index (Phi) is 2.83. The van der Waals surface area contributed by atoms with Gasteiger partial charge in [-0.1, -0.05) is 0 Å². The van der Waals surface area contributed by atoms with Gasteiger partial charge in [-0.2, -0.15) is 4.99 Å². The Morgan fingerprint density at radius 3 is 2.90 bits per heavy atom. The highest BCUT2D eigenvalue weighted by Crippen LogP contribution is 2.44. The van der Waals surface area contributed by atoms with E-state index in [1.54, 1.807) is 6.07 Å². The standard InChI is InChI=1S/C11H7N3O5S/c12-11-13-10(15)7(20-11)3-5-1-2-6-9(19-4-18-6)8(5)14(16)17/h1-3H,4H2,(H2,12,13,15)/b7-3+. The molecule has 3 rings (SSSR count). The van der Waals surface area contributed by atoms with Gasteiger partial charge in [0.05, 0.1) is 15.4 Å². The Labute approximate surface area is 116 Å². The van der Waals surface area contributed by atoms with Crippen LogP contribution < -0.4 is 15.2 Å². The maximum atomic E-state index is 11.5. The topological polar surface area (TPSA) is 117 Å². The van der Waals surface area contributed by atoms with Crippen molar-refractivity contribution >= 4 is 34.6 Å². The van der Waals surface area contributed by atoms with Gasteiger partial charge in [0.1, 0.15) is 0 Å². The van der Waals surface area contributed by atoms with Crippen molar-refractivity contribution in [2.75, 3.05) is 6.79 Å². The minimum atomic E-state index is -0.575. The van der Waals surface area contributed by atoms with Crippen LogP contribution >= 0.6 is 11.8 Å². The van der Waals surface area contributed by atoms with Crippen LogP contribution in [0.25, 0.3) is 6.08 Å². The Balaban J connectivity index is 2.09. The number of benzene rings is 1. The molecule has 0 saturated heterocycles. The molecule has 1 aromatic rings. The lowest BCUT2D eigenvalue weighted by atomic mass is 10.1. The predicted octanol–water partition coefficient (Wildman–Crippen LogP) is 1.25. The lowest BCUT2D eigenvalue weighted by Crippen LogP contribution is -2.01. The molecule has 8 nitrogen and oxygen atoms in total. The van der Waals surface area contributed by atoms with Gasteiger partial charge in [0, 0.05) is 0 Å². The van der Waals surface area contributed by atoms with Gasteiger partial charge >= 0.3 is 5.69 Å². The molecule has 1 amide bonds. The molecule has 0 radical (unpaired) electrons. The Morgan fingerprint density at radius 2 is 2.25 bits per heavy atom. The van der Waals surface area contributed by atoms with Crippen molar-refractivity contribution in [1.29, 1.82) is 0 Å². The highest BCUT2D eigenvalue weighted by Gasteiger charge is 2.30. The number of ether oxygens (including phenoxy) is 2. The number of hydrogen-bond acceptors (Lipinski definition) is 7. The van der Waals surface area contributed by atoms with Crippen molar-refractivity contribution in [3.8, 4) is 11.5 Å². The molecule has 0 aliphatic carbocycles. The summed E-state index contributed by atoms with van der Waals surface area (Å²) in [4.78, 5) is 25.9. The largest absolute Gasteiger partial charge is 0.453 e. The van der Waals surface area contributed by atoms with Crippen molar-refractivity contribution in [3.05, 3.63) is 32.7 Å². The van der Waals surface area contributed by atoms with E-state index in [4.69, 9.17) is 15.2 Å². The summed E-state index contributed by atoms with van der Waals surface area (Å²) in [5.74, 6) is -0.145. The fourth-order valence-electron chi connectivity index (χ4n) is 1.84. The number of carbonyl (C=O) groups excluding carboxylic acids is 1. The molecule has 0 unspecified atom stereocenters. The number of thioether (sulfide) groups is 1. The van der Waals surface area contributed by atoms with E-state index in [-0.39, 0.29) is 33.9 Å². The average molecular weight is 293 g/mol. The summed E-state index contributed by atoms with van der Waals surface area (Å²) in [6, 6.07) is 3.04. The summed E-state index contributed by atoms with van der Waals surface area (Å²) in [5.41, 5.74) is 5.42. The van der Waals surface area contributed by atoms with E-state index in [1.165, 1.54) is 12.1 Å². The molecule has 0 atom stereocenters. The Bertz CT molecular complexity index is 698. The fraction of sp³-hybridized carbons (Fsp3) is 0.0909. The monoisotopic (exact) mass is 293 g/mol. The normalized spacial score (nSPS) is 18.5. The van der Waals surface area contributed by atoms with Crippen LogP contribution in [0.4, 0.5) is 5.69 Å². The number of nitro benzene ring substituents is 1. The summed E-state index contributed by atoms with van der Waals surface area (Å²) in [6.45, 7) is -0.0695. The van der Waals surface area contributed by atoms with Gasteiger partial charge in [-0.3, -0.25) is 14.9 Å². The summed E-state index contributed by atoms with van der Waals surface area (Å²) >= 11 is 0.967. The van der Waals surface area contributed by atoms with E-state index in [0.717, 1.165) is 11.8 Å². The lowest BCUT2D eigenvalue weighted by molar-refractivity contribution is -0.385. The Hall–Kier alpha value is -2.55.